The number of rotatable bonds is 8. The van der Waals surface area contributed by atoms with Crippen LogP contribution in [0.25, 0.3) is 11.1 Å². The van der Waals surface area contributed by atoms with Crippen molar-refractivity contribution in [2.45, 2.75) is 37.3 Å². The molecule has 6 nitrogen and oxygen atoms in total. The number of esters is 1. The van der Waals surface area contributed by atoms with E-state index in [4.69, 9.17) is 4.74 Å². The van der Waals surface area contributed by atoms with E-state index in [1.165, 1.54) is 37.1 Å². The third-order valence-corrected chi connectivity index (χ3v) is 7.13. The lowest BCUT2D eigenvalue weighted by atomic mass is 10.0. The van der Waals surface area contributed by atoms with Gasteiger partial charge in [0.05, 0.1) is 12.4 Å². The summed E-state index contributed by atoms with van der Waals surface area (Å²) in [4.78, 5) is 37.9. The van der Waals surface area contributed by atoms with Crippen LogP contribution in [0.3, 0.4) is 0 Å². The molecular weight excluding hydrogens is 456 g/mol. The van der Waals surface area contributed by atoms with E-state index in [0.29, 0.717) is 22.7 Å². The first-order valence-corrected chi connectivity index (χ1v) is 12.2. The second-order valence-electron chi connectivity index (χ2n) is 7.42. The topological polar surface area (TPSA) is 84.5 Å². The summed E-state index contributed by atoms with van der Waals surface area (Å²) in [5.74, 6) is -0.847. The number of anilines is 2. The van der Waals surface area contributed by atoms with Gasteiger partial charge in [-0.15, -0.1) is 23.1 Å². The Morgan fingerprint density at radius 2 is 1.82 bits per heavy atom. The molecule has 0 spiro atoms. The number of carbonyl (C=O) groups is 3. The third-order valence-electron chi connectivity index (χ3n) is 4.88. The molecule has 1 aromatic heterocycles. The molecule has 0 saturated heterocycles. The molecule has 0 aliphatic carbocycles. The van der Waals surface area contributed by atoms with Crippen LogP contribution in [-0.4, -0.2) is 30.1 Å². The van der Waals surface area contributed by atoms with Crippen LogP contribution >= 0.6 is 23.1 Å². The van der Waals surface area contributed by atoms with Crippen LogP contribution in [0.4, 0.5) is 10.7 Å². The molecule has 172 valence electrons. The monoisotopic (exact) mass is 482 g/mol. The molecule has 0 bridgehead atoms. The number of hydrogen-bond acceptors (Lipinski definition) is 6. The maximum absolute atomic E-state index is 13.1. The van der Waals surface area contributed by atoms with E-state index in [1.807, 2.05) is 61.7 Å². The van der Waals surface area contributed by atoms with Gasteiger partial charge in [0.2, 0.25) is 11.8 Å². The first-order chi connectivity index (χ1) is 15.8. The highest BCUT2D eigenvalue weighted by molar-refractivity contribution is 8.00. The largest absolute Gasteiger partial charge is 0.465 e. The van der Waals surface area contributed by atoms with Gasteiger partial charge in [-0.25, -0.2) is 4.79 Å². The molecule has 0 radical (unpaired) electrons. The Hall–Kier alpha value is -3.10. The molecule has 33 heavy (non-hydrogen) atoms. The molecule has 0 aliphatic rings. The summed E-state index contributed by atoms with van der Waals surface area (Å²) >= 11 is 2.71. The van der Waals surface area contributed by atoms with Gasteiger partial charge in [-0.3, -0.25) is 9.59 Å². The quantitative estimate of drug-likeness (QED) is 0.305. The van der Waals surface area contributed by atoms with E-state index >= 15 is 0 Å². The van der Waals surface area contributed by atoms with Crippen LogP contribution in [0.5, 0.6) is 0 Å². The second kappa shape index (κ2) is 11.2. The van der Waals surface area contributed by atoms with Crippen molar-refractivity contribution in [3.05, 3.63) is 65.0 Å². The van der Waals surface area contributed by atoms with E-state index in [0.717, 1.165) is 21.6 Å². The number of amides is 2. The van der Waals surface area contributed by atoms with E-state index in [9.17, 15) is 14.4 Å². The molecular formula is C25H26N2O4S2. The Morgan fingerprint density at radius 3 is 2.45 bits per heavy atom. The Labute approximate surface area is 201 Å². The van der Waals surface area contributed by atoms with Crippen molar-refractivity contribution < 1.29 is 19.1 Å². The number of nitrogens with one attached hydrogen (secondary N) is 2. The molecule has 8 heteroatoms. The summed E-state index contributed by atoms with van der Waals surface area (Å²) in [6.45, 7) is 5.38. The predicted octanol–water partition coefficient (Wildman–Crippen LogP) is 5.98. The Bertz CT molecular complexity index is 1160. The fourth-order valence-corrected chi connectivity index (χ4v) is 5.20. The Kier molecular flexibility index (Phi) is 8.30. The highest BCUT2D eigenvalue weighted by atomic mass is 32.2. The van der Waals surface area contributed by atoms with Gasteiger partial charge in [-0.2, -0.15) is 0 Å². The third kappa shape index (κ3) is 6.24. The molecule has 1 atom stereocenters. The number of methoxy groups -OCH3 is 1. The van der Waals surface area contributed by atoms with E-state index in [2.05, 4.69) is 10.6 Å². The van der Waals surface area contributed by atoms with E-state index < -0.39 is 5.97 Å². The normalized spacial score (nSPS) is 11.5. The van der Waals surface area contributed by atoms with Gasteiger partial charge < -0.3 is 15.4 Å². The molecule has 1 heterocycles. The van der Waals surface area contributed by atoms with Gasteiger partial charge in [0.15, 0.2) is 0 Å². The molecule has 2 amide bonds. The number of thiophene rings is 1. The van der Waals surface area contributed by atoms with Gasteiger partial charge in [0, 0.05) is 28.5 Å². The number of carbonyl (C=O) groups excluding carboxylic acids is 3. The first-order valence-electron chi connectivity index (χ1n) is 10.4. The summed E-state index contributed by atoms with van der Waals surface area (Å²) in [6, 6.07) is 15.2. The number of ether oxygens (including phenoxy) is 1. The lowest BCUT2D eigenvalue weighted by Gasteiger charge is -2.15. The number of aryl methyl sites for hydroxylation is 1. The molecule has 0 saturated carbocycles. The summed E-state index contributed by atoms with van der Waals surface area (Å²) in [7, 11) is 1.33. The average Bonchev–Trinajstić information content (AvgIpc) is 3.20. The average molecular weight is 483 g/mol. The van der Waals surface area contributed by atoms with Crippen molar-refractivity contribution in [3.8, 4) is 11.1 Å². The Balaban J connectivity index is 1.83. The minimum absolute atomic E-state index is 0.153. The molecule has 3 aromatic rings. The zero-order valence-electron chi connectivity index (χ0n) is 18.9. The van der Waals surface area contributed by atoms with Crippen LogP contribution in [-0.2, 0) is 14.3 Å². The standard InChI is InChI=1S/C25H26N2O4S2/c1-5-21(33-19-8-6-7-18(13-19)26-16(3)28)23(29)27-24-22(25(30)31-4)20(14-32-24)17-11-9-15(2)10-12-17/h6-14,21H,5H2,1-4H3,(H,26,28)(H,27,29). The second-order valence-corrected chi connectivity index (χ2v) is 9.58. The fourth-order valence-electron chi connectivity index (χ4n) is 3.23. The molecule has 1 unspecified atom stereocenters. The van der Waals surface area contributed by atoms with Gasteiger partial charge in [-0.1, -0.05) is 42.8 Å². The highest BCUT2D eigenvalue weighted by Crippen LogP contribution is 2.37. The molecule has 2 N–H and O–H groups in total. The predicted molar refractivity (Wildman–Crippen MR) is 135 cm³/mol. The van der Waals surface area contributed by atoms with Gasteiger partial charge >= 0.3 is 5.97 Å². The van der Waals surface area contributed by atoms with Gasteiger partial charge in [-0.05, 0) is 37.1 Å². The van der Waals surface area contributed by atoms with E-state index in [-0.39, 0.29) is 17.1 Å². The van der Waals surface area contributed by atoms with Crippen LogP contribution in [0.15, 0.2) is 58.8 Å². The van der Waals surface area contributed by atoms with Crippen LogP contribution in [0.2, 0.25) is 0 Å². The molecule has 2 aromatic carbocycles. The minimum atomic E-state index is -0.495. The zero-order valence-corrected chi connectivity index (χ0v) is 20.6. The lowest BCUT2D eigenvalue weighted by Crippen LogP contribution is -2.25. The SMILES string of the molecule is CCC(Sc1cccc(NC(C)=O)c1)C(=O)Nc1scc(-c2ccc(C)cc2)c1C(=O)OC. The smallest absolute Gasteiger partial charge is 0.341 e. The number of thioether (sulfide) groups is 1. The molecule has 3 rings (SSSR count). The number of hydrogen-bond donors (Lipinski definition) is 2. The summed E-state index contributed by atoms with van der Waals surface area (Å²) in [5, 5.41) is 7.63. The maximum atomic E-state index is 13.1. The summed E-state index contributed by atoms with van der Waals surface area (Å²) in [6.07, 6.45) is 0.588. The van der Waals surface area contributed by atoms with Crippen molar-refractivity contribution in [3.63, 3.8) is 0 Å². The minimum Gasteiger partial charge on any atom is -0.465 e. The first kappa shape index (κ1) is 24.5. The molecule has 0 aliphatic heterocycles. The van der Waals surface area contributed by atoms with Crippen molar-refractivity contribution in [2.75, 3.05) is 17.7 Å². The summed E-state index contributed by atoms with van der Waals surface area (Å²) < 4.78 is 5.01. The van der Waals surface area contributed by atoms with Gasteiger partial charge in [0.1, 0.15) is 10.6 Å². The van der Waals surface area contributed by atoms with Crippen molar-refractivity contribution in [1.29, 1.82) is 0 Å². The number of benzene rings is 2. The van der Waals surface area contributed by atoms with Crippen molar-refractivity contribution >= 4 is 51.6 Å². The Morgan fingerprint density at radius 1 is 1.09 bits per heavy atom. The maximum Gasteiger partial charge on any atom is 0.341 e. The van der Waals surface area contributed by atoms with Crippen LogP contribution in [0.1, 0.15) is 36.2 Å². The van der Waals surface area contributed by atoms with E-state index in [1.54, 1.807) is 6.07 Å². The van der Waals surface area contributed by atoms with Crippen molar-refractivity contribution in [1.82, 2.24) is 0 Å². The summed E-state index contributed by atoms with van der Waals surface area (Å²) in [5.41, 5.74) is 3.76. The fraction of sp³-hybridized carbons (Fsp3) is 0.240. The molecule has 0 fully saturated rings. The lowest BCUT2D eigenvalue weighted by molar-refractivity contribution is -0.116. The zero-order chi connectivity index (χ0) is 24.0. The van der Waals surface area contributed by atoms with Crippen LogP contribution < -0.4 is 10.6 Å². The van der Waals surface area contributed by atoms with Gasteiger partial charge in [0.25, 0.3) is 0 Å². The van der Waals surface area contributed by atoms with Crippen molar-refractivity contribution in [2.24, 2.45) is 0 Å². The highest BCUT2D eigenvalue weighted by Gasteiger charge is 2.25. The van der Waals surface area contributed by atoms with Crippen LogP contribution in [0, 0.1) is 6.92 Å².